The summed E-state index contributed by atoms with van der Waals surface area (Å²) in [5.41, 5.74) is -0.145. The molecule has 2 aliphatic rings. The summed E-state index contributed by atoms with van der Waals surface area (Å²) in [6.45, 7) is 6.45. The Morgan fingerprint density at radius 2 is 1.12 bits per heavy atom. The van der Waals surface area contributed by atoms with Crippen LogP contribution < -0.4 is 15.4 Å². The van der Waals surface area contributed by atoms with E-state index in [1.807, 2.05) is 65.2 Å². The predicted octanol–water partition coefficient (Wildman–Crippen LogP) is 6.33. The van der Waals surface area contributed by atoms with Gasteiger partial charge in [-0.3, -0.25) is 50.8 Å². The minimum atomic E-state index is -3.92. The molecule has 430 valence electrons. The maximum absolute atomic E-state index is 13.8. The predicted molar refractivity (Wildman–Crippen MR) is 285 cm³/mol. The highest BCUT2D eigenvalue weighted by Gasteiger charge is 2.59. The quantitative estimate of drug-likeness (QED) is 0.00877. The molecule has 29 heteroatoms. The van der Waals surface area contributed by atoms with Crippen LogP contribution in [-0.4, -0.2) is 131 Å². The average molecular weight is 1150 g/mol. The highest BCUT2D eigenvalue weighted by atomic mass is 32.2. The van der Waals surface area contributed by atoms with E-state index in [1.54, 1.807) is 6.07 Å². The van der Waals surface area contributed by atoms with Gasteiger partial charge in [-0.1, -0.05) is 51.1 Å². The smallest absolute Gasteiger partial charge is 0.421 e. The Kier molecular flexibility index (Phi) is 19.4. The normalized spacial score (nSPS) is 15.4. The van der Waals surface area contributed by atoms with Gasteiger partial charge in [0.2, 0.25) is 11.9 Å². The summed E-state index contributed by atoms with van der Waals surface area (Å²) in [4.78, 5) is 128. The lowest BCUT2D eigenvalue weighted by molar-refractivity contribution is -0.903. The number of carbonyl (C=O) groups is 7. The van der Waals surface area contributed by atoms with Crippen LogP contribution in [0.2, 0.25) is 0 Å². The Morgan fingerprint density at radius 3 is 1.57 bits per heavy atom. The van der Waals surface area contributed by atoms with Gasteiger partial charge in [-0.25, -0.2) is 37.2 Å². The lowest BCUT2D eigenvalue weighted by atomic mass is 9.74. The van der Waals surface area contributed by atoms with Gasteiger partial charge in [0.1, 0.15) is 24.6 Å². The second-order valence-corrected chi connectivity index (χ2v) is 20.9. The summed E-state index contributed by atoms with van der Waals surface area (Å²) in [7, 11) is -0.00209. The number of nitro groups is 3. The standard InChI is InChI=1S/C52H48N8O17.CH4O3S/c1-29(2)42-43-30(3)40(44(56(43)45(42)61)49(65)75-46(62)31-13-19-35(20-14-31)57(68)69)28-74-41-12-7-10-38-34(9-6-11-39(38)41)27-60(4,5)26-8-25-53-50(54-51(66)76-47(63)32-15-21-36(22-16-32)58(70)71)55-52(67)77-48(64)33-17-23-37(24-18-33)59(72)73;1-5(2,3)4/h6-7,9-24,29-30,42-43H,8,25-28H2,1-5H3,(H-,53,54,55,66,67);1H3,(H,2,3,4)/t30-,42+,43+;/m0./s1. The van der Waals surface area contributed by atoms with Gasteiger partial charge in [-0.15, -0.1) is 0 Å². The molecule has 0 bridgehead atoms. The van der Waals surface area contributed by atoms with Crippen molar-refractivity contribution in [3.05, 3.63) is 173 Å². The highest BCUT2D eigenvalue weighted by molar-refractivity contribution is 7.84. The van der Waals surface area contributed by atoms with Crippen molar-refractivity contribution in [2.24, 2.45) is 22.7 Å². The number of carbonyl (C=O) groups excluding carboxylic acids is 7. The summed E-state index contributed by atoms with van der Waals surface area (Å²) >= 11 is 0. The van der Waals surface area contributed by atoms with E-state index < -0.39 is 72.8 Å². The maximum atomic E-state index is 13.8. The Bertz CT molecular complexity index is 3450. The number of aliphatic imine (C=N–C) groups is 1. The van der Waals surface area contributed by atoms with Crippen LogP contribution in [0.15, 0.2) is 125 Å². The zero-order valence-corrected chi connectivity index (χ0v) is 45.3. The number of esters is 4. The molecule has 0 saturated carbocycles. The first-order chi connectivity index (χ1) is 38.5. The molecule has 0 radical (unpaired) electrons. The summed E-state index contributed by atoms with van der Waals surface area (Å²) in [5.74, 6) is -5.72. The van der Waals surface area contributed by atoms with Crippen molar-refractivity contribution < 1.29 is 84.7 Å². The summed E-state index contributed by atoms with van der Waals surface area (Å²) < 4.78 is 48.9. The van der Waals surface area contributed by atoms with Crippen molar-refractivity contribution in [1.29, 1.82) is 0 Å². The Hall–Kier alpha value is -9.87. The number of fused-ring (bicyclic) bond motifs is 2. The molecule has 7 rings (SSSR count). The summed E-state index contributed by atoms with van der Waals surface area (Å²) in [6, 6.07) is 23.7. The lowest BCUT2D eigenvalue weighted by Crippen LogP contribution is -2.62. The number of nitrogens with zero attached hydrogens (tertiary/aromatic N) is 6. The first-order valence-corrected chi connectivity index (χ1v) is 26.4. The molecule has 2 heterocycles. The van der Waals surface area contributed by atoms with Crippen molar-refractivity contribution in [3.8, 4) is 5.75 Å². The molecule has 3 atom stereocenters. The minimum absolute atomic E-state index is 0.0471. The molecule has 28 nitrogen and oxygen atoms in total. The summed E-state index contributed by atoms with van der Waals surface area (Å²) in [6.07, 6.45) is -1.90. The number of non-ortho nitro benzene ring substituents is 3. The molecule has 2 N–H and O–H groups in total. The van der Waals surface area contributed by atoms with Crippen molar-refractivity contribution in [2.75, 3.05) is 40.0 Å². The Balaban J connectivity index is 0.00000207. The zero-order valence-electron chi connectivity index (χ0n) is 44.5. The van der Waals surface area contributed by atoms with Crippen molar-refractivity contribution in [3.63, 3.8) is 0 Å². The number of rotatable bonds is 17. The fourth-order valence-corrected chi connectivity index (χ4v) is 9.00. The minimum Gasteiger partial charge on any atom is -0.748 e. The number of β-lactam (4-membered cyclic amide) rings is 1. The molecule has 2 aliphatic heterocycles. The highest BCUT2D eigenvalue weighted by Crippen LogP contribution is 2.49. The average Bonchev–Trinajstić information content (AvgIpc) is 2.87. The number of guanidine groups is 1. The molecule has 0 aliphatic carbocycles. The third-order valence-corrected chi connectivity index (χ3v) is 12.8. The molecule has 3 amide bonds. The lowest BCUT2D eigenvalue weighted by Gasteiger charge is -2.47. The van der Waals surface area contributed by atoms with E-state index >= 15 is 0 Å². The SMILES string of the molecule is CC(C)[C@H]1C(=O)N2C(C(=O)OC(=O)c3ccc([N+](=O)[O-])cc3)=C(COc3cccc4c(C[N+](C)(C)CCCN=C(NC(=O)OC(=O)c5ccc([N+](=O)[O-])cc5)NC(=O)OC(=O)c5ccc([N+](=O)[O-])cc5)cccc34)[C@H](C)[C@H]12.CS(=O)(=O)[O-]. The van der Waals surface area contributed by atoms with Crippen LogP contribution in [0.1, 0.15) is 63.8 Å². The van der Waals surface area contributed by atoms with Crippen molar-refractivity contribution in [1.82, 2.24) is 15.5 Å². The van der Waals surface area contributed by atoms with Gasteiger partial charge in [0, 0.05) is 78.1 Å². The number of quaternary nitrogens is 1. The number of nitro benzene ring substituents is 3. The molecule has 0 unspecified atom stereocenters. The zero-order chi connectivity index (χ0) is 60.4. The topological polar surface area (TPSA) is 383 Å². The Labute approximate surface area is 466 Å². The molecule has 0 spiro atoms. The number of hydrogen-bond acceptors (Lipinski definition) is 21. The van der Waals surface area contributed by atoms with E-state index in [4.69, 9.17) is 31.9 Å². The van der Waals surface area contributed by atoms with Gasteiger partial charge < -0.3 is 32.9 Å². The fourth-order valence-electron chi connectivity index (χ4n) is 9.00. The van der Waals surface area contributed by atoms with Crippen LogP contribution >= 0.6 is 0 Å². The van der Waals surface area contributed by atoms with Crippen molar-refractivity contribution in [2.45, 2.75) is 39.8 Å². The van der Waals surface area contributed by atoms with Crippen molar-refractivity contribution >= 4 is 85.9 Å². The van der Waals surface area contributed by atoms with Crippen LogP contribution in [-0.2, 0) is 40.5 Å². The number of alkyl carbamates (subject to hydrolysis) is 2. The summed E-state index contributed by atoms with van der Waals surface area (Å²) in [5, 5.41) is 39.0. The fraction of sp³-hybridized carbons (Fsp3) is 0.283. The molecular formula is C53H52N8O20S. The van der Waals surface area contributed by atoms with Crippen LogP contribution in [0.25, 0.3) is 10.8 Å². The number of amides is 3. The van der Waals surface area contributed by atoms with E-state index in [0.717, 1.165) is 77.0 Å². The Morgan fingerprint density at radius 1 is 0.683 bits per heavy atom. The number of ether oxygens (including phenoxy) is 4. The van der Waals surface area contributed by atoms with Gasteiger partial charge in [0.15, 0.2) is 0 Å². The van der Waals surface area contributed by atoms with Gasteiger partial charge >= 0.3 is 36.1 Å². The molecule has 5 aromatic rings. The van der Waals surface area contributed by atoms with Crippen LogP contribution in [0.3, 0.4) is 0 Å². The first-order valence-electron chi connectivity index (χ1n) is 24.6. The molecule has 0 aromatic heterocycles. The number of hydrogen-bond donors (Lipinski definition) is 2. The largest absolute Gasteiger partial charge is 0.748 e. The number of nitrogens with one attached hydrogen (secondary N) is 2. The first kappa shape index (κ1) is 61.3. The van der Waals surface area contributed by atoms with E-state index in [0.29, 0.717) is 41.6 Å². The molecule has 1 saturated heterocycles. The second-order valence-electron chi connectivity index (χ2n) is 19.5. The van der Waals surface area contributed by atoms with Gasteiger partial charge in [-0.2, -0.15) is 0 Å². The van der Waals surface area contributed by atoms with E-state index in [1.165, 1.54) is 17.0 Å². The van der Waals surface area contributed by atoms with Crippen LogP contribution in [0.4, 0.5) is 26.7 Å². The third-order valence-electron chi connectivity index (χ3n) is 12.8. The second kappa shape index (κ2) is 25.9. The van der Waals surface area contributed by atoms with E-state index in [9.17, 15) is 63.9 Å². The monoisotopic (exact) mass is 1150 g/mol. The maximum Gasteiger partial charge on any atom is 0.421 e. The molecule has 82 heavy (non-hydrogen) atoms. The molecular weight excluding hydrogens is 1100 g/mol. The van der Waals surface area contributed by atoms with Crippen LogP contribution in [0, 0.1) is 48.1 Å². The van der Waals surface area contributed by atoms with E-state index in [2.05, 4.69) is 15.6 Å². The molecule has 5 aromatic carbocycles. The molecule has 1 fully saturated rings. The van der Waals surface area contributed by atoms with Crippen LogP contribution in [0.5, 0.6) is 5.75 Å². The number of benzene rings is 5. The third kappa shape index (κ3) is 15.7. The van der Waals surface area contributed by atoms with E-state index in [-0.39, 0.29) is 76.4 Å². The van der Waals surface area contributed by atoms with Gasteiger partial charge in [0.25, 0.3) is 17.1 Å². The van der Waals surface area contributed by atoms with Gasteiger partial charge in [-0.05, 0) is 53.8 Å². The van der Waals surface area contributed by atoms with Gasteiger partial charge in [0.05, 0.1) is 74.2 Å².